The molecule has 0 unspecified atom stereocenters. The number of carbonyl (C=O) groups excluding carboxylic acids is 3. The Morgan fingerprint density at radius 2 is 1.69 bits per heavy atom. The number of esters is 1. The van der Waals surface area contributed by atoms with Gasteiger partial charge in [0.1, 0.15) is 0 Å². The fourth-order valence-electron chi connectivity index (χ4n) is 3.24. The predicted molar refractivity (Wildman–Crippen MR) is 97.8 cm³/mol. The Kier molecular flexibility index (Phi) is 5.84. The topological polar surface area (TPSA) is 84.5 Å². The highest BCUT2D eigenvalue weighted by molar-refractivity contribution is 6.05. The molecule has 2 aromatic rings. The molecule has 6 heteroatoms. The van der Waals surface area contributed by atoms with E-state index in [2.05, 4.69) is 10.6 Å². The summed E-state index contributed by atoms with van der Waals surface area (Å²) in [4.78, 5) is 35.9. The highest BCUT2D eigenvalue weighted by atomic mass is 16.5. The Hall–Kier alpha value is -2.89. The third-order valence-electron chi connectivity index (χ3n) is 4.54. The lowest BCUT2D eigenvalue weighted by molar-refractivity contribution is -0.123. The number of ether oxygens (including phenoxy) is 1. The van der Waals surface area contributed by atoms with E-state index < -0.39 is 24.5 Å². The van der Waals surface area contributed by atoms with Gasteiger partial charge in [-0.3, -0.25) is 10.1 Å². The molecule has 136 valence electrons. The van der Waals surface area contributed by atoms with Gasteiger partial charge in [-0.15, -0.1) is 0 Å². The number of fused-ring (bicyclic) bond motifs is 1. The Morgan fingerprint density at radius 3 is 2.50 bits per heavy atom. The second-order valence-corrected chi connectivity index (χ2v) is 6.46. The van der Waals surface area contributed by atoms with Crippen LogP contribution < -0.4 is 10.6 Å². The summed E-state index contributed by atoms with van der Waals surface area (Å²) in [5.74, 6) is -1.24. The first-order valence-electron chi connectivity index (χ1n) is 8.89. The van der Waals surface area contributed by atoms with Gasteiger partial charge < -0.3 is 10.1 Å². The van der Waals surface area contributed by atoms with Crippen LogP contribution in [0.1, 0.15) is 42.5 Å². The molecule has 0 spiro atoms. The maximum Gasteiger partial charge on any atom is 0.339 e. The van der Waals surface area contributed by atoms with Gasteiger partial charge in [0.25, 0.3) is 5.91 Å². The number of benzene rings is 2. The molecule has 1 saturated carbocycles. The van der Waals surface area contributed by atoms with Crippen molar-refractivity contribution < 1.29 is 19.1 Å². The normalized spacial score (nSPS) is 14.6. The smallest absolute Gasteiger partial charge is 0.339 e. The van der Waals surface area contributed by atoms with Crippen LogP contribution in [-0.2, 0) is 9.53 Å². The molecule has 0 atom stereocenters. The number of hydrogen-bond acceptors (Lipinski definition) is 4. The van der Waals surface area contributed by atoms with Crippen molar-refractivity contribution >= 4 is 28.7 Å². The van der Waals surface area contributed by atoms with Gasteiger partial charge in [-0.25, -0.2) is 9.59 Å². The number of rotatable bonds is 4. The summed E-state index contributed by atoms with van der Waals surface area (Å²) in [6, 6.07) is 12.3. The molecule has 26 heavy (non-hydrogen) atoms. The van der Waals surface area contributed by atoms with Crippen LogP contribution >= 0.6 is 0 Å². The molecule has 2 N–H and O–H groups in total. The summed E-state index contributed by atoms with van der Waals surface area (Å²) in [5.41, 5.74) is 0.391. The van der Waals surface area contributed by atoms with Gasteiger partial charge in [-0.2, -0.15) is 0 Å². The fourth-order valence-corrected chi connectivity index (χ4v) is 3.24. The van der Waals surface area contributed by atoms with Gasteiger partial charge in [0.15, 0.2) is 6.61 Å². The minimum absolute atomic E-state index is 0.106. The molecule has 0 aliphatic heterocycles. The van der Waals surface area contributed by atoms with Crippen molar-refractivity contribution in [3.05, 3.63) is 48.0 Å². The number of amides is 3. The van der Waals surface area contributed by atoms with Gasteiger partial charge in [0.2, 0.25) is 0 Å². The van der Waals surface area contributed by atoms with Gasteiger partial charge in [-0.05, 0) is 29.7 Å². The van der Waals surface area contributed by atoms with Crippen LogP contribution in [0.15, 0.2) is 42.5 Å². The highest BCUT2D eigenvalue weighted by Gasteiger charge is 2.18. The van der Waals surface area contributed by atoms with E-state index in [9.17, 15) is 14.4 Å². The van der Waals surface area contributed by atoms with Gasteiger partial charge in [-0.1, -0.05) is 55.7 Å². The van der Waals surface area contributed by atoms with Crippen LogP contribution in [0.3, 0.4) is 0 Å². The van der Waals surface area contributed by atoms with E-state index in [0.29, 0.717) is 5.56 Å². The molecule has 2 aromatic carbocycles. The molecule has 1 aliphatic carbocycles. The zero-order valence-corrected chi connectivity index (χ0v) is 14.5. The summed E-state index contributed by atoms with van der Waals surface area (Å²) in [6.07, 6.45) is 5.21. The molecule has 6 nitrogen and oxygen atoms in total. The first kappa shape index (κ1) is 17.9. The third-order valence-corrected chi connectivity index (χ3v) is 4.54. The zero-order valence-electron chi connectivity index (χ0n) is 14.5. The number of hydrogen-bond donors (Lipinski definition) is 2. The van der Waals surface area contributed by atoms with Crippen LogP contribution in [-0.4, -0.2) is 30.6 Å². The number of urea groups is 1. The van der Waals surface area contributed by atoms with E-state index in [1.807, 2.05) is 30.3 Å². The monoisotopic (exact) mass is 354 g/mol. The second kappa shape index (κ2) is 8.47. The van der Waals surface area contributed by atoms with E-state index in [1.54, 1.807) is 12.1 Å². The lowest BCUT2D eigenvalue weighted by Gasteiger charge is -2.22. The SMILES string of the molecule is O=C(COC(=O)c1cccc2ccccc12)NC(=O)NC1CCCCC1. The Morgan fingerprint density at radius 1 is 0.962 bits per heavy atom. The summed E-state index contributed by atoms with van der Waals surface area (Å²) < 4.78 is 5.06. The summed E-state index contributed by atoms with van der Waals surface area (Å²) in [7, 11) is 0. The van der Waals surface area contributed by atoms with Crippen LogP contribution in [0.5, 0.6) is 0 Å². The van der Waals surface area contributed by atoms with Crippen molar-refractivity contribution in [3.8, 4) is 0 Å². The van der Waals surface area contributed by atoms with Gasteiger partial charge in [0, 0.05) is 6.04 Å². The first-order chi connectivity index (χ1) is 12.6. The molecule has 0 heterocycles. The minimum atomic E-state index is -0.646. The van der Waals surface area contributed by atoms with E-state index in [0.717, 1.165) is 36.5 Å². The Labute approximate surface area is 151 Å². The molecular weight excluding hydrogens is 332 g/mol. The van der Waals surface area contributed by atoms with Crippen molar-refractivity contribution in [3.63, 3.8) is 0 Å². The van der Waals surface area contributed by atoms with E-state index in [1.165, 1.54) is 6.42 Å². The molecule has 0 bridgehead atoms. The molecule has 1 fully saturated rings. The highest BCUT2D eigenvalue weighted by Crippen LogP contribution is 2.19. The van der Waals surface area contributed by atoms with Crippen molar-refractivity contribution in [2.24, 2.45) is 0 Å². The zero-order chi connectivity index (χ0) is 18.4. The average Bonchev–Trinajstić information content (AvgIpc) is 2.66. The second-order valence-electron chi connectivity index (χ2n) is 6.46. The summed E-state index contributed by atoms with van der Waals surface area (Å²) >= 11 is 0. The van der Waals surface area contributed by atoms with Crippen LogP contribution in [0.25, 0.3) is 10.8 Å². The summed E-state index contributed by atoms with van der Waals surface area (Å²) in [6.45, 7) is -0.500. The lowest BCUT2D eigenvalue weighted by atomic mass is 9.96. The average molecular weight is 354 g/mol. The Bertz CT molecular complexity index is 807. The first-order valence-corrected chi connectivity index (χ1v) is 8.89. The van der Waals surface area contributed by atoms with E-state index in [4.69, 9.17) is 4.74 Å². The third kappa shape index (κ3) is 4.59. The molecular formula is C20H22N2O4. The number of nitrogens with one attached hydrogen (secondary N) is 2. The Balaban J connectivity index is 1.50. The number of imide groups is 1. The largest absolute Gasteiger partial charge is 0.452 e. The molecule has 0 saturated heterocycles. The molecule has 3 amide bonds. The van der Waals surface area contributed by atoms with Gasteiger partial charge in [0.05, 0.1) is 5.56 Å². The van der Waals surface area contributed by atoms with Crippen molar-refractivity contribution in [2.75, 3.05) is 6.61 Å². The van der Waals surface area contributed by atoms with Crippen molar-refractivity contribution in [1.29, 1.82) is 0 Å². The van der Waals surface area contributed by atoms with Crippen LogP contribution in [0, 0.1) is 0 Å². The summed E-state index contributed by atoms with van der Waals surface area (Å²) in [5, 5.41) is 6.66. The van der Waals surface area contributed by atoms with Crippen molar-refractivity contribution in [2.45, 2.75) is 38.1 Å². The van der Waals surface area contributed by atoms with E-state index >= 15 is 0 Å². The maximum atomic E-state index is 12.3. The minimum Gasteiger partial charge on any atom is -0.452 e. The molecule has 0 radical (unpaired) electrons. The molecule has 1 aliphatic rings. The van der Waals surface area contributed by atoms with E-state index in [-0.39, 0.29) is 6.04 Å². The number of carbonyl (C=O) groups is 3. The van der Waals surface area contributed by atoms with Crippen LogP contribution in [0.4, 0.5) is 4.79 Å². The molecule has 3 rings (SSSR count). The lowest BCUT2D eigenvalue weighted by Crippen LogP contribution is -2.46. The quantitative estimate of drug-likeness (QED) is 0.826. The predicted octanol–water partition coefficient (Wildman–Crippen LogP) is 3.16. The standard InChI is InChI=1S/C20H22N2O4/c23-18(22-20(25)21-15-9-2-1-3-10-15)13-26-19(24)17-12-6-8-14-7-4-5-11-16(14)17/h4-8,11-12,15H,1-3,9-10,13H2,(H2,21,22,23,25). The maximum absolute atomic E-state index is 12.3. The van der Waals surface area contributed by atoms with Crippen molar-refractivity contribution in [1.82, 2.24) is 10.6 Å². The van der Waals surface area contributed by atoms with Crippen LogP contribution in [0.2, 0.25) is 0 Å². The van der Waals surface area contributed by atoms with Gasteiger partial charge >= 0.3 is 12.0 Å². The fraction of sp³-hybridized carbons (Fsp3) is 0.350. The molecule has 0 aromatic heterocycles.